The van der Waals surface area contributed by atoms with Crippen LogP contribution in [0.15, 0.2) is 10.6 Å². The topological polar surface area (TPSA) is 83.7 Å². The molecule has 3 heterocycles. The van der Waals surface area contributed by atoms with Crippen molar-refractivity contribution in [3.8, 4) is 0 Å². The Morgan fingerprint density at radius 1 is 1.35 bits per heavy atom. The number of ether oxygens (including phenoxy) is 1. The quantitative estimate of drug-likeness (QED) is 0.890. The van der Waals surface area contributed by atoms with E-state index in [4.69, 9.17) is 9.26 Å². The number of hydrogen-bond donors (Lipinski definition) is 1. The van der Waals surface area contributed by atoms with E-state index in [0.29, 0.717) is 38.0 Å². The Hall–Kier alpha value is -1.93. The number of amides is 2. The molecule has 1 atom stereocenters. The van der Waals surface area contributed by atoms with E-state index in [2.05, 4.69) is 33.5 Å². The minimum Gasteiger partial charge on any atom is -0.378 e. The minimum atomic E-state index is -0.325. The largest absolute Gasteiger partial charge is 0.378 e. The van der Waals surface area contributed by atoms with E-state index >= 15 is 0 Å². The van der Waals surface area contributed by atoms with Crippen LogP contribution >= 0.6 is 0 Å². The third-order valence-electron chi connectivity index (χ3n) is 4.08. The van der Waals surface area contributed by atoms with E-state index in [1.165, 1.54) is 0 Å². The monoisotopic (exact) mass is 321 g/mol. The van der Waals surface area contributed by atoms with Gasteiger partial charge < -0.3 is 24.4 Å². The first-order valence-electron chi connectivity index (χ1n) is 7.98. The summed E-state index contributed by atoms with van der Waals surface area (Å²) in [5.41, 5.74) is 1.07. The second-order valence-corrected chi connectivity index (χ2v) is 5.98. The van der Waals surface area contributed by atoms with Gasteiger partial charge in [0.15, 0.2) is 5.82 Å². The van der Waals surface area contributed by atoms with Crippen molar-refractivity contribution >= 4 is 11.6 Å². The third kappa shape index (κ3) is 3.89. The van der Waals surface area contributed by atoms with Crippen molar-refractivity contribution in [3.05, 3.63) is 17.8 Å². The Morgan fingerprint density at radius 2 is 2.13 bits per heavy atom. The van der Waals surface area contributed by atoms with E-state index in [0.717, 1.165) is 25.1 Å². The lowest BCUT2D eigenvalue weighted by atomic mass is 10.1. The number of hydrogen-bond acceptors (Lipinski definition) is 6. The van der Waals surface area contributed by atoms with Crippen molar-refractivity contribution in [2.24, 2.45) is 0 Å². The fourth-order valence-corrected chi connectivity index (χ4v) is 2.70. The molecule has 0 spiro atoms. The van der Waals surface area contributed by atoms with Crippen LogP contribution in [0.2, 0.25) is 0 Å². The molecule has 0 aliphatic carbocycles. The molecule has 1 aromatic heterocycles. The third-order valence-corrected chi connectivity index (χ3v) is 4.08. The van der Waals surface area contributed by atoms with Crippen molar-refractivity contribution in [1.29, 1.82) is 0 Å². The van der Waals surface area contributed by atoms with E-state index in [-0.39, 0.29) is 12.1 Å². The average Bonchev–Trinajstić information content (AvgIpc) is 3.06. The predicted octanol–water partition coefficient (Wildman–Crippen LogP) is 0.891. The lowest BCUT2D eigenvalue weighted by Crippen LogP contribution is -2.46. The number of morpholine rings is 1. The second kappa shape index (κ2) is 7.10. The van der Waals surface area contributed by atoms with Crippen LogP contribution in [0.25, 0.3) is 5.57 Å². The molecule has 23 heavy (non-hydrogen) atoms. The van der Waals surface area contributed by atoms with Gasteiger partial charge in [-0.15, -0.1) is 0 Å². The molecule has 126 valence electrons. The van der Waals surface area contributed by atoms with Crippen LogP contribution in [0.5, 0.6) is 0 Å². The van der Waals surface area contributed by atoms with Crippen LogP contribution in [0.4, 0.5) is 4.79 Å². The summed E-state index contributed by atoms with van der Waals surface area (Å²) < 4.78 is 10.6. The summed E-state index contributed by atoms with van der Waals surface area (Å²) in [7, 11) is 2.07. The van der Waals surface area contributed by atoms with E-state index < -0.39 is 0 Å². The van der Waals surface area contributed by atoms with Crippen molar-refractivity contribution in [2.45, 2.75) is 19.4 Å². The lowest BCUT2D eigenvalue weighted by Gasteiger charge is -2.27. The maximum absolute atomic E-state index is 12.2. The molecule has 0 radical (unpaired) electrons. The van der Waals surface area contributed by atoms with Crippen molar-refractivity contribution in [1.82, 2.24) is 25.3 Å². The first-order chi connectivity index (χ1) is 11.1. The molecule has 2 amide bonds. The first kappa shape index (κ1) is 15.9. The maximum atomic E-state index is 12.2. The molecule has 2 aliphatic heterocycles. The Bertz CT molecular complexity index is 579. The normalized spacial score (nSPS) is 21.0. The number of nitrogens with one attached hydrogen (secondary N) is 1. The smallest absolute Gasteiger partial charge is 0.318 e. The number of rotatable bonds is 3. The van der Waals surface area contributed by atoms with Crippen LogP contribution in [0, 0.1) is 0 Å². The highest BCUT2D eigenvalue weighted by Crippen LogP contribution is 2.19. The van der Waals surface area contributed by atoms with E-state index in [9.17, 15) is 4.79 Å². The number of likely N-dealkylation sites (N-methyl/N-ethyl adjacent to an activating group) is 1. The fraction of sp³-hybridized carbons (Fsp3) is 0.667. The predicted molar refractivity (Wildman–Crippen MR) is 83.7 cm³/mol. The van der Waals surface area contributed by atoms with Gasteiger partial charge in [0.05, 0.1) is 13.2 Å². The van der Waals surface area contributed by atoms with Gasteiger partial charge in [-0.1, -0.05) is 11.2 Å². The van der Waals surface area contributed by atoms with Gasteiger partial charge in [-0.05, 0) is 20.4 Å². The van der Waals surface area contributed by atoms with Crippen molar-refractivity contribution < 1.29 is 14.1 Å². The molecule has 1 N–H and O–H groups in total. The van der Waals surface area contributed by atoms with Gasteiger partial charge >= 0.3 is 6.03 Å². The van der Waals surface area contributed by atoms with Crippen LogP contribution in [0.3, 0.4) is 0 Å². The summed E-state index contributed by atoms with van der Waals surface area (Å²) in [6.45, 7) is 6.06. The summed E-state index contributed by atoms with van der Waals surface area (Å²) >= 11 is 0. The number of urea groups is 1. The molecule has 1 fully saturated rings. The molecule has 0 bridgehead atoms. The summed E-state index contributed by atoms with van der Waals surface area (Å²) in [6.07, 6.45) is 3.13. The van der Waals surface area contributed by atoms with Crippen molar-refractivity contribution in [3.63, 3.8) is 0 Å². The molecule has 3 rings (SSSR count). The zero-order valence-electron chi connectivity index (χ0n) is 13.6. The van der Waals surface area contributed by atoms with Crippen LogP contribution < -0.4 is 5.32 Å². The van der Waals surface area contributed by atoms with Gasteiger partial charge in [0.1, 0.15) is 6.04 Å². The number of carbonyl (C=O) groups is 1. The highest BCUT2D eigenvalue weighted by Gasteiger charge is 2.23. The molecule has 1 unspecified atom stereocenters. The summed E-state index contributed by atoms with van der Waals surface area (Å²) in [6, 6.07) is -0.453. The van der Waals surface area contributed by atoms with Crippen LogP contribution in [-0.4, -0.2) is 72.4 Å². The number of carbonyl (C=O) groups excluding carboxylic acids is 1. The van der Waals surface area contributed by atoms with E-state index in [1.54, 1.807) is 4.90 Å². The molecule has 1 aromatic rings. The fourth-order valence-electron chi connectivity index (χ4n) is 2.70. The van der Waals surface area contributed by atoms with Crippen LogP contribution in [-0.2, 0) is 4.74 Å². The number of nitrogens with zero attached hydrogens (tertiary/aromatic N) is 4. The van der Waals surface area contributed by atoms with Gasteiger partial charge in [0.2, 0.25) is 5.89 Å². The SMILES string of the molecule is CC(NC(=O)N1CCOCC1)c1nc(C2=CCCN(C)C2)no1. The summed E-state index contributed by atoms with van der Waals surface area (Å²) in [5, 5.41) is 6.95. The zero-order valence-corrected chi connectivity index (χ0v) is 13.6. The summed E-state index contributed by atoms with van der Waals surface area (Å²) in [4.78, 5) is 20.6. The molecular formula is C15H23N5O3. The standard InChI is InChI=1S/C15H23N5O3/c1-11(16-15(21)20-6-8-22-9-7-20)14-17-13(18-23-14)12-4-3-5-19(2)10-12/h4,11H,3,5-10H2,1-2H3,(H,16,21). The zero-order chi connectivity index (χ0) is 16.2. The highest BCUT2D eigenvalue weighted by atomic mass is 16.5. The Morgan fingerprint density at radius 3 is 2.87 bits per heavy atom. The van der Waals surface area contributed by atoms with Gasteiger partial charge in [-0.25, -0.2) is 4.79 Å². The molecule has 8 heteroatoms. The molecule has 0 saturated carbocycles. The molecular weight excluding hydrogens is 298 g/mol. The molecule has 8 nitrogen and oxygen atoms in total. The Balaban J connectivity index is 1.60. The summed E-state index contributed by atoms with van der Waals surface area (Å²) in [5.74, 6) is 1.04. The van der Waals surface area contributed by atoms with Gasteiger partial charge in [-0.2, -0.15) is 4.98 Å². The lowest BCUT2D eigenvalue weighted by molar-refractivity contribution is 0.0523. The van der Waals surface area contributed by atoms with Gasteiger partial charge in [0.25, 0.3) is 0 Å². The van der Waals surface area contributed by atoms with E-state index in [1.807, 2.05) is 6.92 Å². The van der Waals surface area contributed by atoms with Crippen molar-refractivity contribution in [2.75, 3.05) is 46.4 Å². The second-order valence-electron chi connectivity index (χ2n) is 5.98. The first-order valence-corrected chi connectivity index (χ1v) is 7.98. The molecule has 2 aliphatic rings. The molecule has 0 aromatic carbocycles. The Kier molecular flexibility index (Phi) is 4.92. The highest BCUT2D eigenvalue weighted by molar-refractivity contribution is 5.74. The average molecular weight is 321 g/mol. The van der Waals surface area contributed by atoms with Gasteiger partial charge in [-0.3, -0.25) is 0 Å². The van der Waals surface area contributed by atoms with Gasteiger partial charge in [0, 0.05) is 31.8 Å². The van der Waals surface area contributed by atoms with Crippen LogP contribution in [0.1, 0.15) is 31.1 Å². The number of aromatic nitrogens is 2. The maximum Gasteiger partial charge on any atom is 0.318 e. The minimum absolute atomic E-state index is 0.128. The Labute approximate surface area is 135 Å². The molecule has 1 saturated heterocycles.